The molecule has 1 aromatic rings. The minimum absolute atomic E-state index is 0.0317. The first kappa shape index (κ1) is 17.5. The number of hydrazine groups is 1. The average molecular weight is 336 g/mol. The van der Waals surface area contributed by atoms with Crippen molar-refractivity contribution in [2.45, 2.75) is 45.2 Å². The molecule has 0 aromatic carbocycles. The van der Waals surface area contributed by atoms with Crippen LogP contribution in [0.5, 0.6) is 0 Å². The number of carbonyl (C=O) groups is 1. The van der Waals surface area contributed by atoms with Gasteiger partial charge in [-0.15, -0.1) is 0 Å². The maximum atomic E-state index is 12.5. The number of nitrogens with one attached hydrogen (secondary N) is 1. The third kappa shape index (κ3) is 4.57. The third-order valence-electron chi connectivity index (χ3n) is 4.14. The Kier molecular flexibility index (Phi) is 6.20. The lowest BCUT2D eigenvalue weighted by atomic mass is 10.2. The van der Waals surface area contributed by atoms with E-state index < -0.39 is 0 Å². The second-order valence-corrected chi connectivity index (χ2v) is 6.17. The van der Waals surface area contributed by atoms with Gasteiger partial charge in [0.25, 0.3) is 0 Å². The summed E-state index contributed by atoms with van der Waals surface area (Å²) < 4.78 is 0. The van der Waals surface area contributed by atoms with Crippen LogP contribution < -0.4 is 5.43 Å². The molecule has 0 radical (unpaired) electrons. The van der Waals surface area contributed by atoms with Crippen LogP contribution in [0.1, 0.15) is 33.1 Å². The maximum Gasteiger partial charge on any atom is 0.239 e. The minimum atomic E-state index is -0.296. The Balaban J connectivity index is 2.05. The fourth-order valence-corrected chi connectivity index (χ4v) is 2.66. The fourth-order valence-electron chi connectivity index (χ4n) is 2.55. The normalized spacial score (nSPS) is 18.7. The molecule has 1 saturated heterocycles. The monoisotopic (exact) mass is 335 g/mol. The van der Waals surface area contributed by atoms with Gasteiger partial charge in [0.15, 0.2) is 0 Å². The Morgan fingerprint density at radius 3 is 3.04 bits per heavy atom. The van der Waals surface area contributed by atoms with Gasteiger partial charge in [0.05, 0.1) is 17.6 Å². The summed E-state index contributed by atoms with van der Waals surface area (Å²) in [6.07, 6.45) is 4.10. The van der Waals surface area contributed by atoms with E-state index in [-0.39, 0.29) is 24.5 Å². The highest BCUT2D eigenvalue weighted by Crippen LogP contribution is 2.18. The van der Waals surface area contributed by atoms with E-state index in [1.54, 1.807) is 23.2 Å². The van der Waals surface area contributed by atoms with Crippen molar-refractivity contribution in [3.8, 4) is 6.07 Å². The molecule has 2 atom stereocenters. The predicted molar refractivity (Wildman–Crippen MR) is 89.7 cm³/mol. The van der Waals surface area contributed by atoms with Crippen molar-refractivity contribution in [1.29, 1.82) is 5.26 Å². The summed E-state index contributed by atoms with van der Waals surface area (Å²) in [5, 5.41) is 11.6. The van der Waals surface area contributed by atoms with Gasteiger partial charge in [0, 0.05) is 18.8 Å². The zero-order chi connectivity index (χ0) is 16.8. The molecule has 0 spiro atoms. The van der Waals surface area contributed by atoms with Crippen molar-refractivity contribution >= 4 is 23.3 Å². The molecule has 1 amide bonds. The molecule has 1 aromatic heterocycles. The van der Waals surface area contributed by atoms with E-state index in [1.807, 2.05) is 11.9 Å². The number of anilines is 1. The highest BCUT2D eigenvalue weighted by atomic mass is 35.5. The molecule has 124 valence electrons. The second kappa shape index (κ2) is 8.14. The van der Waals surface area contributed by atoms with Gasteiger partial charge >= 0.3 is 0 Å². The number of halogens is 1. The van der Waals surface area contributed by atoms with Gasteiger partial charge in [-0.3, -0.25) is 4.79 Å². The van der Waals surface area contributed by atoms with Crippen molar-refractivity contribution in [3.05, 3.63) is 23.4 Å². The molecular weight excluding hydrogens is 314 g/mol. The molecule has 1 N–H and O–H groups in total. The van der Waals surface area contributed by atoms with Crippen LogP contribution in [0.25, 0.3) is 0 Å². The Labute approximate surface area is 142 Å². The highest BCUT2D eigenvalue weighted by Gasteiger charge is 2.30. The number of rotatable bonds is 6. The molecule has 2 heterocycles. The summed E-state index contributed by atoms with van der Waals surface area (Å²) in [6.45, 7) is 4.97. The zero-order valence-corrected chi connectivity index (χ0v) is 14.3. The summed E-state index contributed by atoms with van der Waals surface area (Å²) in [6, 6.07) is 5.59. The number of nitrogens with zero attached hydrogens (tertiary/aromatic N) is 4. The van der Waals surface area contributed by atoms with Crippen molar-refractivity contribution in [1.82, 2.24) is 14.9 Å². The Morgan fingerprint density at radius 1 is 1.65 bits per heavy atom. The number of hydrogen-bond acceptors (Lipinski definition) is 5. The van der Waals surface area contributed by atoms with Gasteiger partial charge < -0.3 is 10.3 Å². The highest BCUT2D eigenvalue weighted by molar-refractivity contribution is 6.30. The summed E-state index contributed by atoms with van der Waals surface area (Å²) in [5.74, 6) is 0.608. The zero-order valence-electron chi connectivity index (χ0n) is 13.5. The molecule has 1 aliphatic rings. The van der Waals surface area contributed by atoms with Gasteiger partial charge in [-0.05, 0) is 38.3 Å². The number of nitriles is 1. The van der Waals surface area contributed by atoms with Crippen molar-refractivity contribution < 1.29 is 4.79 Å². The lowest BCUT2D eigenvalue weighted by Crippen LogP contribution is -2.47. The van der Waals surface area contributed by atoms with E-state index in [0.29, 0.717) is 17.4 Å². The molecular formula is C16H22ClN5O. The van der Waals surface area contributed by atoms with E-state index in [2.05, 4.69) is 23.4 Å². The first-order chi connectivity index (χ1) is 11.0. The van der Waals surface area contributed by atoms with Crippen molar-refractivity contribution in [2.24, 2.45) is 0 Å². The number of likely N-dealkylation sites (tertiary alicyclic amines) is 1. The lowest BCUT2D eigenvalue weighted by molar-refractivity contribution is -0.132. The minimum Gasteiger partial charge on any atom is -0.325 e. The third-order valence-corrected chi connectivity index (χ3v) is 4.36. The topological polar surface area (TPSA) is 72.3 Å². The summed E-state index contributed by atoms with van der Waals surface area (Å²) in [4.78, 5) is 18.4. The van der Waals surface area contributed by atoms with Crippen LogP contribution in [-0.2, 0) is 4.79 Å². The molecule has 6 nitrogen and oxygen atoms in total. The Morgan fingerprint density at radius 2 is 2.43 bits per heavy atom. The van der Waals surface area contributed by atoms with Crippen LogP contribution in [0.4, 0.5) is 5.82 Å². The van der Waals surface area contributed by atoms with E-state index in [4.69, 9.17) is 16.9 Å². The Bertz CT molecular complexity index is 571. The first-order valence-corrected chi connectivity index (χ1v) is 8.27. The molecule has 7 heteroatoms. The molecule has 1 aliphatic heterocycles. The predicted octanol–water partition coefficient (Wildman–Crippen LogP) is 2.68. The second-order valence-electron chi connectivity index (χ2n) is 5.73. The standard InChI is InChI=1S/C16H22ClN5O/c1-3-12(2)22(20-15-7-6-13(17)10-19-15)11-16(23)21-8-4-5-14(21)9-18/h6-7,10,12,14H,3-5,8,11H2,1-2H3,(H,19,20)/t12-,14?/m0/s1. The Hall–Kier alpha value is -1.84. The van der Waals surface area contributed by atoms with Crippen LogP contribution in [0.3, 0.4) is 0 Å². The van der Waals surface area contributed by atoms with Crippen LogP contribution >= 0.6 is 11.6 Å². The van der Waals surface area contributed by atoms with Crippen molar-refractivity contribution in [3.63, 3.8) is 0 Å². The number of amides is 1. The lowest BCUT2D eigenvalue weighted by Gasteiger charge is -2.31. The van der Waals surface area contributed by atoms with Gasteiger partial charge in [-0.25, -0.2) is 9.99 Å². The number of hydrogen-bond donors (Lipinski definition) is 1. The average Bonchev–Trinajstić information content (AvgIpc) is 3.04. The molecule has 0 saturated carbocycles. The van der Waals surface area contributed by atoms with Gasteiger partial charge in [-0.1, -0.05) is 18.5 Å². The van der Waals surface area contributed by atoms with Crippen LogP contribution in [-0.4, -0.2) is 46.0 Å². The van der Waals surface area contributed by atoms with E-state index >= 15 is 0 Å². The SMILES string of the molecule is CC[C@H](C)N(CC(=O)N1CCCC1C#N)Nc1ccc(Cl)cn1. The van der Waals surface area contributed by atoms with Crippen LogP contribution in [0, 0.1) is 11.3 Å². The number of aromatic nitrogens is 1. The quantitative estimate of drug-likeness (QED) is 0.809. The van der Waals surface area contributed by atoms with Crippen LogP contribution in [0.15, 0.2) is 18.3 Å². The van der Waals surface area contributed by atoms with Crippen LogP contribution in [0.2, 0.25) is 5.02 Å². The van der Waals surface area contributed by atoms with Crippen molar-refractivity contribution in [2.75, 3.05) is 18.5 Å². The molecule has 0 aliphatic carbocycles. The number of carbonyl (C=O) groups excluding carboxylic acids is 1. The van der Waals surface area contributed by atoms with Gasteiger partial charge in [-0.2, -0.15) is 5.26 Å². The molecule has 1 fully saturated rings. The van der Waals surface area contributed by atoms with E-state index in [1.165, 1.54) is 0 Å². The van der Waals surface area contributed by atoms with E-state index in [9.17, 15) is 4.79 Å². The summed E-state index contributed by atoms with van der Waals surface area (Å²) >= 11 is 5.85. The first-order valence-electron chi connectivity index (χ1n) is 7.89. The molecule has 2 rings (SSSR count). The van der Waals surface area contributed by atoms with Gasteiger partial charge in [0.1, 0.15) is 11.9 Å². The fraction of sp³-hybridized carbons (Fsp3) is 0.562. The molecule has 0 bridgehead atoms. The largest absolute Gasteiger partial charge is 0.325 e. The maximum absolute atomic E-state index is 12.5. The smallest absolute Gasteiger partial charge is 0.239 e. The van der Waals surface area contributed by atoms with E-state index in [0.717, 1.165) is 19.3 Å². The van der Waals surface area contributed by atoms with Gasteiger partial charge in [0.2, 0.25) is 5.91 Å². The molecule has 23 heavy (non-hydrogen) atoms. The number of pyridine rings is 1. The summed E-state index contributed by atoms with van der Waals surface area (Å²) in [7, 11) is 0. The molecule has 1 unspecified atom stereocenters. The summed E-state index contributed by atoms with van der Waals surface area (Å²) in [5.41, 5.74) is 3.18.